The molecule has 0 unspecified atom stereocenters. The van der Waals surface area contributed by atoms with E-state index in [-0.39, 0.29) is 12.7 Å². The predicted octanol–water partition coefficient (Wildman–Crippen LogP) is 3.22. The Balaban J connectivity index is 1.75. The number of aromatic nitrogens is 1. The summed E-state index contributed by atoms with van der Waals surface area (Å²) in [5.74, 6) is 2.84. The summed E-state index contributed by atoms with van der Waals surface area (Å²) in [5.41, 5.74) is 0.887. The first-order valence-corrected chi connectivity index (χ1v) is 8.96. The lowest BCUT2D eigenvalue weighted by Crippen LogP contribution is -2.32. The van der Waals surface area contributed by atoms with Crippen LogP contribution in [0.3, 0.4) is 0 Å². The normalized spacial score (nSPS) is 12.5. The van der Waals surface area contributed by atoms with Gasteiger partial charge in [-0.2, -0.15) is 11.8 Å². The predicted molar refractivity (Wildman–Crippen MR) is 96.6 cm³/mol. The maximum atomic E-state index is 12.6. The van der Waals surface area contributed by atoms with Crippen molar-refractivity contribution in [3.63, 3.8) is 0 Å². The Kier molecular flexibility index (Phi) is 5.38. The number of carbonyl (C=O) groups excluding carboxylic acids is 1. The maximum absolute atomic E-state index is 12.6. The van der Waals surface area contributed by atoms with Gasteiger partial charge in [-0.05, 0) is 42.2 Å². The summed E-state index contributed by atoms with van der Waals surface area (Å²) in [7, 11) is 0. The fourth-order valence-electron chi connectivity index (χ4n) is 2.31. The molecule has 0 atom stereocenters. The molecule has 2 aromatic rings. The minimum absolute atomic E-state index is 0.0968. The van der Waals surface area contributed by atoms with Gasteiger partial charge in [0.2, 0.25) is 6.79 Å². The Morgan fingerprint density at radius 1 is 1.29 bits per heavy atom. The summed E-state index contributed by atoms with van der Waals surface area (Å²) in [5, 5.41) is 0. The quantitative estimate of drug-likeness (QED) is 0.755. The van der Waals surface area contributed by atoms with Crippen molar-refractivity contribution in [3.05, 3.63) is 54.2 Å². The third-order valence-electron chi connectivity index (χ3n) is 3.53. The number of rotatable bonds is 6. The second kappa shape index (κ2) is 7.88. The molecule has 3 rings (SSSR count). The molecule has 5 nitrogen and oxygen atoms in total. The van der Waals surface area contributed by atoms with Crippen molar-refractivity contribution in [1.82, 2.24) is 4.98 Å². The standard InChI is InChI=1S/C18H18N2O3S/c1-24-11-10-20(17-4-2-3-9-19-17)18(21)8-6-14-5-7-15-16(12-14)23-13-22-15/h2-9,12H,10-11,13H2,1H3. The van der Waals surface area contributed by atoms with Crippen molar-refractivity contribution in [3.8, 4) is 11.5 Å². The second-order valence-corrected chi connectivity index (χ2v) is 6.10. The van der Waals surface area contributed by atoms with Gasteiger partial charge in [-0.1, -0.05) is 12.1 Å². The van der Waals surface area contributed by atoms with Crippen LogP contribution in [-0.4, -0.2) is 36.2 Å². The molecule has 1 aliphatic rings. The van der Waals surface area contributed by atoms with Crippen molar-refractivity contribution in [2.45, 2.75) is 0 Å². The van der Waals surface area contributed by atoms with Crippen LogP contribution in [0.1, 0.15) is 5.56 Å². The molecule has 124 valence electrons. The van der Waals surface area contributed by atoms with Gasteiger partial charge in [-0.3, -0.25) is 9.69 Å². The second-order valence-electron chi connectivity index (χ2n) is 5.12. The molecule has 0 fully saturated rings. The molecule has 0 aliphatic carbocycles. The number of hydrogen-bond donors (Lipinski definition) is 0. The number of hydrogen-bond acceptors (Lipinski definition) is 5. The molecular formula is C18H18N2O3S. The molecule has 1 aromatic carbocycles. The van der Waals surface area contributed by atoms with Gasteiger partial charge in [0.15, 0.2) is 11.5 Å². The highest BCUT2D eigenvalue weighted by molar-refractivity contribution is 7.98. The van der Waals surface area contributed by atoms with Crippen molar-refractivity contribution in [2.24, 2.45) is 0 Å². The lowest BCUT2D eigenvalue weighted by molar-refractivity contribution is -0.114. The van der Waals surface area contributed by atoms with E-state index in [0.717, 1.165) is 17.1 Å². The number of benzene rings is 1. The Labute approximate surface area is 145 Å². The van der Waals surface area contributed by atoms with E-state index in [2.05, 4.69) is 4.98 Å². The van der Waals surface area contributed by atoms with Crippen LogP contribution >= 0.6 is 11.8 Å². The van der Waals surface area contributed by atoms with Crippen LogP contribution < -0.4 is 14.4 Å². The summed E-state index contributed by atoms with van der Waals surface area (Å²) in [6.45, 7) is 0.853. The van der Waals surface area contributed by atoms with E-state index in [1.165, 1.54) is 0 Å². The number of nitrogens with zero attached hydrogens (tertiary/aromatic N) is 2. The van der Waals surface area contributed by atoms with Gasteiger partial charge in [-0.15, -0.1) is 0 Å². The van der Waals surface area contributed by atoms with Gasteiger partial charge in [0, 0.05) is 24.6 Å². The van der Waals surface area contributed by atoms with Gasteiger partial charge in [0.1, 0.15) is 5.82 Å². The zero-order valence-electron chi connectivity index (χ0n) is 13.3. The monoisotopic (exact) mass is 342 g/mol. The summed E-state index contributed by atoms with van der Waals surface area (Å²) < 4.78 is 10.6. The molecule has 24 heavy (non-hydrogen) atoms. The first kappa shape index (κ1) is 16.4. The van der Waals surface area contributed by atoms with Crippen LogP contribution in [0.2, 0.25) is 0 Å². The van der Waals surface area contributed by atoms with Crippen LogP contribution in [0.4, 0.5) is 5.82 Å². The fourth-order valence-corrected chi connectivity index (χ4v) is 2.67. The van der Waals surface area contributed by atoms with Gasteiger partial charge < -0.3 is 9.47 Å². The van der Waals surface area contributed by atoms with Gasteiger partial charge in [0.05, 0.1) is 0 Å². The van der Waals surface area contributed by atoms with Crippen LogP contribution in [0, 0.1) is 0 Å². The number of carbonyl (C=O) groups is 1. The van der Waals surface area contributed by atoms with Crippen LogP contribution in [-0.2, 0) is 4.79 Å². The molecule has 1 amide bonds. The van der Waals surface area contributed by atoms with E-state index in [9.17, 15) is 4.79 Å². The average Bonchev–Trinajstić information content (AvgIpc) is 3.09. The molecule has 0 saturated heterocycles. The number of pyridine rings is 1. The number of anilines is 1. The van der Waals surface area contributed by atoms with E-state index in [4.69, 9.17) is 9.47 Å². The molecule has 1 aromatic heterocycles. The van der Waals surface area contributed by atoms with Crippen LogP contribution in [0.5, 0.6) is 11.5 Å². The Bertz CT molecular complexity index is 734. The third-order valence-corrected chi connectivity index (χ3v) is 4.12. The van der Waals surface area contributed by atoms with Gasteiger partial charge in [0.25, 0.3) is 5.91 Å². The number of fused-ring (bicyclic) bond motifs is 1. The zero-order valence-corrected chi connectivity index (χ0v) is 14.2. The Hall–Kier alpha value is -2.47. The van der Waals surface area contributed by atoms with E-state index in [1.807, 2.05) is 42.7 Å². The molecule has 1 aliphatic heterocycles. The first-order valence-electron chi connectivity index (χ1n) is 7.57. The van der Waals surface area contributed by atoms with E-state index < -0.39 is 0 Å². The smallest absolute Gasteiger partial charge is 0.252 e. The number of amides is 1. The van der Waals surface area contributed by atoms with E-state index >= 15 is 0 Å². The molecule has 0 saturated carbocycles. The number of thioether (sulfide) groups is 1. The van der Waals surface area contributed by atoms with Crippen molar-refractivity contribution in [2.75, 3.05) is 30.2 Å². The molecule has 0 spiro atoms. The maximum Gasteiger partial charge on any atom is 0.252 e. The Morgan fingerprint density at radius 2 is 2.17 bits per heavy atom. The molecule has 0 bridgehead atoms. The molecule has 6 heteroatoms. The van der Waals surface area contributed by atoms with Crippen molar-refractivity contribution >= 4 is 29.6 Å². The molecular weight excluding hydrogens is 324 g/mol. The van der Waals surface area contributed by atoms with Crippen LogP contribution in [0.25, 0.3) is 6.08 Å². The van der Waals surface area contributed by atoms with Crippen molar-refractivity contribution < 1.29 is 14.3 Å². The summed E-state index contributed by atoms with van der Waals surface area (Å²) in [6.07, 6.45) is 7.05. The average molecular weight is 342 g/mol. The zero-order chi connectivity index (χ0) is 16.8. The highest BCUT2D eigenvalue weighted by atomic mass is 32.2. The third kappa shape index (κ3) is 3.89. The molecule has 0 radical (unpaired) electrons. The van der Waals surface area contributed by atoms with Gasteiger partial charge >= 0.3 is 0 Å². The summed E-state index contributed by atoms with van der Waals surface area (Å²) >= 11 is 1.69. The minimum Gasteiger partial charge on any atom is -0.454 e. The largest absolute Gasteiger partial charge is 0.454 e. The first-order chi connectivity index (χ1) is 11.8. The Morgan fingerprint density at radius 3 is 2.96 bits per heavy atom. The summed E-state index contributed by atoms with van der Waals surface area (Å²) in [4.78, 5) is 18.6. The van der Waals surface area contributed by atoms with Crippen molar-refractivity contribution in [1.29, 1.82) is 0 Å². The lowest BCUT2D eigenvalue weighted by atomic mass is 10.2. The van der Waals surface area contributed by atoms with Gasteiger partial charge in [-0.25, -0.2) is 4.98 Å². The highest BCUT2D eigenvalue weighted by Crippen LogP contribution is 2.32. The molecule has 0 N–H and O–H groups in total. The fraction of sp³-hybridized carbons (Fsp3) is 0.222. The van der Waals surface area contributed by atoms with Crippen LogP contribution in [0.15, 0.2) is 48.7 Å². The number of ether oxygens (including phenoxy) is 2. The lowest BCUT2D eigenvalue weighted by Gasteiger charge is -2.19. The topological polar surface area (TPSA) is 51.7 Å². The van der Waals surface area contributed by atoms with E-state index in [1.54, 1.807) is 35.0 Å². The highest BCUT2D eigenvalue weighted by Gasteiger charge is 2.15. The SMILES string of the molecule is CSCCN(C(=O)C=Cc1ccc2c(c1)OCO2)c1ccccn1. The van der Waals surface area contributed by atoms with E-state index in [0.29, 0.717) is 18.1 Å². The molecule has 2 heterocycles. The minimum atomic E-state index is -0.0968. The summed E-state index contributed by atoms with van der Waals surface area (Å²) in [6, 6.07) is 11.2.